The molecule has 1 unspecified atom stereocenters. The summed E-state index contributed by atoms with van der Waals surface area (Å²) in [4.78, 5) is 17.1. The maximum atomic E-state index is 11.9. The molecule has 0 radical (unpaired) electrons. The highest BCUT2D eigenvalue weighted by atomic mass is 35.5. The number of fused-ring (bicyclic) bond motifs is 1. The second-order valence-corrected chi connectivity index (χ2v) is 5.26. The second kappa shape index (κ2) is 4.32. The van der Waals surface area contributed by atoms with Gasteiger partial charge in [0.2, 0.25) is 5.91 Å². The lowest BCUT2D eigenvalue weighted by Crippen LogP contribution is -2.24. The number of nitrogens with one attached hydrogen (secondary N) is 1. The monoisotopic (exact) mass is 262 g/mol. The molecule has 0 bridgehead atoms. The van der Waals surface area contributed by atoms with Crippen LogP contribution in [0.2, 0.25) is 0 Å². The van der Waals surface area contributed by atoms with Crippen molar-refractivity contribution in [1.29, 1.82) is 0 Å². The van der Waals surface area contributed by atoms with E-state index in [-0.39, 0.29) is 11.8 Å². The summed E-state index contributed by atoms with van der Waals surface area (Å²) in [5.41, 5.74) is 3.21. The predicted octanol–water partition coefficient (Wildman–Crippen LogP) is 3.07. The summed E-state index contributed by atoms with van der Waals surface area (Å²) < 4.78 is 0. The number of hydrogen-bond acceptors (Lipinski definition) is 1. The molecule has 1 aromatic heterocycles. The normalized spacial score (nSPS) is 20.0. The third-order valence-electron chi connectivity index (χ3n) is 3.47. The first-order chi connectivity index (χ1) is 8.67. The summed E-state index contributed by atoms with van der Waals surface area (Å²) in [6.07, 6.45) is 0.563. The Kier molecular flexibility index (Phi) is 2.78. The third kappa shape index (κ3) is 1.89. The Morgan fingerprint density at radius 2 is 2.28 bits per heavy atom. The Hall–Kier alpha value is -1.48. The number of alkyl halides is 1. The molecule has 1 fully saturated rings. The van der Waals surface area contributed by atoms with Crippen molar-refractivity contribution in [3.8, 4) is 0 Å². The number of aryl methyl sites for hydroxylation is 1. The molecule has 2 heterocycles. The zero-order chi connectivity index (χ0) is 12.7. The summed E-state index contributed by atoms with van der Waals surface area (Å²) in [5.74, 6) is 1.00. The predicted molar refractivity (Wildman–Crippen MR) is 74.2 cm³/mol. The van der Waals surface area contributed by atoms with E-state index in [1.54, 1.807) is 0 Å². The van der Waals surface area contributed by atoms with Gasteiger partial charge in [-0.3, -0.25) is 4.79 Å². The SMILES string of the molecule is Cc1cc2cc(N3CC(CCl)CC3=O)ccc2[nH]1. The molecule has 1 N–H and O–H groups in total. The summed E-state index contributed by atoms with van der Waals surface area (Å²) in [7, 11) is 0. The van der Waals surface area contributed by atoms with Crippen molar-refractivity contribution in [3.63, 3.8) is 0 Å². The van der Waals surface area contributed by atoms with Gasteiger partial charge in [-0.2, -0.15) is 0 Å². The molecule has 1 aliphatic rings. The molecule has 1 atom stereocenters. The number of anilines is 1. The van der Waals surface area contributed by atoms with E-state index in [1.165, 1.54) is 0 Å². The van der Waals surface area contributed by atoms with Gasteiger partial charge in [-0.25, -0.2) is 0 Å². The van der Waals surface area contributed by atoms with Crippen LogP contribution in [0, 0.1) is 12.8 Å². The molecular weight excluding hydrogens is 248 g/mol. The van der Waals surface area contributed by atoms with Crippen LogP contribution in [0.3, 0.4) is 0 Å². The molecular formula is C14H15ClN2O. The molecule has 0 saturated carbocycles. The smallest absolute Gasteiger partial charge is 0.227 e. The van der Waals surface area contributed by atoms with Crippen molar-refractivity contribution in [2.24, 2.45) is 5.92 Å². The lowest BCUT2D eigenvalue weighted by Gasteiger charge is -2.16. The first-order valence-corrected chi connectivity index (χ1v) is 6.66. The van der Waals surface area contributed by atoms with E-state index in [4.69, 9.17) is 11.6 Å². The Morgan fingerprint density at radius 3 is 3.00 bits per heavy atom. The minimum Gasteiger partial charge on any atom is -0.359 e. The first-order valence-electron chi connectivity index (χ1n) is 6.13. The molecule has 2 aromatic rings. The number of H-pyrrole nitrogens is 1. The number of carbonyl (C=O) groups is 1. The molecule has 3 nitrogen and oxygen atoms in total. The topological polar surface area (TPSA) is 36.1 Å². The van der Waals surface area contributed by atoms with Crippen LogP contribution in [0.25, 0.3) is 10.9 Å². The van der Waals surface area contributed by atoms with Gasteiger partial charge in [0.1, 0.15) is 0 Å². The van der Waals surface area contributed by atoms with Gasteiger partial charge in [0.05, 0.1) is 0 Å². The molecule has 1 aliphatic heterocycles. The molecule has 94 valence electrons. The number of rotatable bonds is 2. The van der Waals surface area contributed by atoms with Crippen molar-refractivity contribution in [1.82, 2.24) is 4.98 Å². The van der Waals surface area contributed by atoms with E-state index in [0.29, 0.717) is 12.3 Å². The summed E-state index contributed by atoms with van der Waals surface area (Å²) in [5, 5.41) is 1.15. The number of benzene rings is 1. The Labute approximate surface area is 111 Å². The lowest BCUT2D eigenvalue weighted by atomic mass is 10.1. The van der Waals surface area contributed by atoms with Crippen LogP contribution < -0.4 is 4.90 Å². The Morgan fingerprint density at radius 1 is 1.44 bits per heavy atom. The summed E-state index contributed by atoms with van der Waals surface area (Å²) in [6, 6.07) is 8.18. The number of carbonyl (C=O) groups excluding carboxylic acids is 1. The number of aromatic amines is 1. The molecule has 1 aromatic carbocycles. The lowest BCUT2D eigenvalue weighted by molar-refractivity contribution is -0.117. The largest absolute Gasteiger partial charge is 0.359 e. The van der Waals surface area contributed by atoms with Crippen molar-refractivity contribution < 1.29 is 4.79 Å². The zero-order valence-corrected chi connectivity index (χ0v) is 11.0. The fourth-order valence-electron chi connectivity index (χ4n) is 2.57. The molecule has 3 rings (SSSR count). The summed E-state index contributed by atoms with van der Waals surface area (Å²) in [6.45, 7) is 2.77. The molecule has 18 heavy (non-hydrogen) atoms. The summed E-state index contributed by atoms with van der Waals surface area (Å²) >= 11 is 5.84. The first kappa shape index (κ1) is 11.6. The van der Waals surface area contributed by atoms with Gasteiger partial charge in [-0.15, -0.1) is 11.6 Å². The van der Waals surface area contributed by atoms with Gasteiger partial charge in [0.15, 0.2) is 0 Å². The van der Waals surface area contributed by atoms with E-state index in [0.717, 1.165) is 28.8 Å². The molecule has 4 heteroatoms. The minimum absolute atomic E-state index is 0.173. The zero-order valence-electron chi connectivity index (χ0n) is 10.2. The van der Waals surface area contributed by atoms with Crippen LogP contribution in [0.15, 0.2) is 24.3 Å². The number of amides is 1. The average molecular weight is 263 g/mol. The molecule has 0 aliphatic carbocycles. The highest BCUT2D eigenvalue weighted by Gasteiger charge is 2.29. The number of nitrogens with zero attached hydrogens (tertiary/aromatic N) is 1. The molecule has 0 spiro atoms. The van der Waals surface area contributed by atoms with E-state index >= 15 is 0 Å². The van der Waals surface area contributed by atoms with E-state index in [1.807, 2.05) is 24.0 Å². The van der Waals surface area contributed by atoms with Crippen LogP contribution in [-0.4, -0.2) is 23.3 Å². The maximum Gasteiger partial charge on any atom is 0.227 e. The van der Waals surface area contributed by atoms with Crippen LogP contribution in [0.4, 0.5) is 5.69 Å². The number of hydrogen-bond donors (Lipinski definition) is 1. The van der Waals surface area contributed by atoms with Crippen molar-refractivity contribution in [3.05, 3.63) is 30.0 Å². The Balaban J connectivity index is 1.96. The van der Waals surface area contributed by atoms with Crippen LogP contribution in [-0.2, 0) is 4.79 Å². The fourth-order valence-corrected chi connectivity index (χ4v) is 2.77. The van der Waals surface area contributed by atoms with E-state index in [9.17, 15) is 4.79 Å². The number of aromatic nitrogens is 1. The van der Waals surface area contributed by atoms with Gasteiger partial charge < -0.3 is 9.88 Å². The third-order valence-corrected chi connectivity index (χ3v) is 3.91. The van der Waals surface area contributed by atoms with Gasteiger partial charge in [0, 0.05) is 41.1 Å². The quantitative estimate of drug-likeness (QED) is 0.830. The van der Waals surface area contributed by atoms with Crippen LogP contribution in [0.5, 0.6) is 0 Å². The van der Waals surface area contributed by atoms with Gasteiger partial charge in [-0.1, -0.05) is 0 Å². The highest BCUT2D eigenvalue weighted by Crippen LogP contribution is 2.28. The standard InChI is InChI=1S/C14H15ClN2O/c1-9-4-11-6-12(2-3-13(11)16-9)17-8-10(7-15)5-14(17)18/h2-4,6,10,16H,5,7-8H2,1H3. The maximum absolute atomic E-state index is 11.9. The van der Waals surface area contributed by atoms with E-state index < -0.39 is 0 Å². The van der Waals surface area contributed by atoms with Gasteiger partial charge in [0.25, 0.3) is 0 Å². The van der Waals surface area contributed by atoms with Crippen LogP contribution in [0.1, 0.15) is 12.1 Å². The van der Waals surface area contributed by atoms with Gasteiger partial charge >= 0.3 is 0 Å². The molecule has 1 saturated heterocycles. The number of halogens is 1. The van der Waals surface area contributed by atoms with Gasteiger partial charge in [-0.05, 0) is 37.1 Å². The van der Waals surface area contributed by atoms with Crippen LogP contribution >= 0.6 is 11.6 Å². The highest BCUT2D eigenvalue weighted by molar-refractivity contribution is 6.18. The second-order valence-electron chi connectivity index (χ2n) is 4.95. The Bertz CT molecular complexity index is 605. The molecule has 1 amide bonds. The average Bonchev–Trinajstić information content (AvgIpc) is 2.89. The van der Waals surface area contributed by atoms with Crippen molar-refractivity contribution in [2.45, 2.75) is 13.3 Å². The van der Waals surface area contributed by atoms with Crippen molar-refractivity contribution >= 4 is 34.1 Å². The van der Waals surface area contributed by atoms with Crippen molar-refractivity contribution in [2.75, 3.05) is 17.3 Å². The minimum atomic E-state index is 0.173. The van der Waals surface area contributed by atoms with E-state index in [2.05, 4.69) is 17.1 Å². The fraction of sp³-hybridized carbons (Fsp3) is 0.357.